The van der Waals surface area contributed by atoms with Gasteiger partial charge in [0.15, 0.2) is 11.6 Å². The Hall–Kier alpha value is -2.03. The van der Waals surface area contributed by atoms with Gasteiger partial charge in [-0.1, -0.05) is 31.0 Å². The number of likely N-dealkylation sites (tertiary alicyclic amines) is 1. The molecule has 3 aliphatic rings. The molecule has 2 fully saturated rings. The van der Waals surface area contributed by atoms with Gasteiger partial charge in [0.25, 0.3) is 0 Å². The molecule has 1 unspecified atom stereocenters. The highest BCUT2D eigenvalue weighted by molar-refractivity contribution is 5.81. The van der Waals surface area contributed by atoms with E-state index in [4.69, 9.17) is 4.52 Å². The largest absolute Gasteiger partial charge is 0.395 e. The Balaban J connectivity index is 1.18. The molecule has 0 spiro atoms. The van der Waals surface area contributed by atoms with Crippen molar-refractivity contribution >= 4 is 17.8 Å². The van der Waals surface area contributed by atoms with E-state index >= 15 is 0 Å². The van der Waals surface area contributed by atoms with Crippen LogP contribution in [0.4, 0.5) is 19.0 Å². The first-order valence-corrected chi connectivity index (χ1v) is 11.3. The van der Waals surface area contributed by atoms with Crippen LogP contribution in [0.3, 0.4) is 0 Å². The maximum absolute atomic E-state index is 13.0. The Morgan fingerprint density at radius 1 is 1.26 bits per heavy atom. The fraction of sp³-hybridized carbons (Fsp3) is 0.727. The van der Waals surface area contributed by atoms with Crippen LogP contribution in [0.2, 0.25) is 0 Å². The Kier molecular flexibility index (Phi) is 6.60. The summed E-state index contributed by atoms with van der Waals surface area (Å²) in [4.78, 5) is 14.7. The van der Waals surface area contributed by atoms with Crippen LogP contribution in [0, 0.1) is 11.8 Å². The van der Waals surface area contributed by atoms with Crippen molar-refractivity contribution < 1.29 is 22.5 Å². The molecule has 1 aromatic rings. The van der Waals surface area contributed by atoms with Gasteiger partial charge in [0.1, 0.15) is 0 Å². The predicted octanol–water partition coefficient (Wildman–Crippen LogP) is 3.99. The molecule has 0 bridgehead atoms. The van der Waals surface area contributed by atoms with Crippen molar-refractivity contribution in [2.45, 2.75) is 70.1 Å². The zero-order valence-electron chi connectivity index (χ0n) is 17.9. The van der Waals surface area contributed by atoms with Crippen LogP contribution in [0.5, 0.6) is 0 Å². The normalized spacial score (nSPS) is 26.9. The first kappa shape index (κ1) is 22.2. The van der Waals surface area contributed by atoms with Gasteiger partial charge < -0.3 is 15.2 Å². The SMILES string of the molecule is CCCC1CCC(N2CC(NC(=O)CNc3noc4c3CC(C(F)(F)F)C=C4)C2)CC1. The highest BCUT2D eigenvalue weighted by Crippen LogP contribution is 2.37. The van der Waals surface area contributed by atoms with Crippen LogP contribution >= 0.6 is 0 Å². The second-order valence-corrected chi connectivity index (χ2v) is 9.12. The average Bonchev–Trinajstić information content (AvgIpc) is 3.11. The fourth-order valence-electron chi connectivity index (χ4n) is 5.06. The lowest BCUT2D eigenvalue weighted by molar-refractivity contribution is -0.160. The second-order valence-electron chi connectivity index (χ2n) is 9.12. The standard InChI is InChI=1S/C22H31F3N4O2/c1-2-3-14-4-7-17(8-5-14)29-12-16(13-29)27-20(30)11-26-21-18-10-15(22(23,24)25)6-9-19(18)31-28-21/h6,9,14-17H,2-5,7-8,10-13H2,1H3,(H,26,28)(H,27,30). The van der Waals surface area contributed by atoms with E-state index in [1.54, 1.807) is 0 Å². The van der Waals surface area contributed by atoms with E-state index in [0.29, 0.717) is 17.4 Å². The fourth-order valence-corrected chi connectivity index (χ4v) is 5.06. The van der Waals surface area contributed by atoms with Crippen molar-refractivity contribution in [3.05, 3.63) is 17.4 Å². The molecule has 1 aliphatic heterocycles. The minimum Gasteiger partial charge on any atom is -0.358 e. The summed E-state index contributed by atoms with van der Waals surface area (Å²) in [7, 11) is 0. The van der Waals surface area contributed by atoms with Crippen molar-refractivity contribution in [3.63, 3.8) is 0 Å². The number of anilines is 1. The van der Waals surface area contributed by atoms with Crippen molar-refractivity contribution in [1.29, 1.82) is 0 Å². The zero-order valence-corrected chi connectivity index (χ0v) is 17.9. The lowest BCUT2D eigenvalue weighted by atomic mass is 9.82. The smallest absolute Gasteiger partial charge is 0.358 e. The minimum atomic E-state index is -4.31. The van der Waals surface area contributed by atoms with E-state index in [1.165, 1.54) is 44.6 Å². The third-order valence-corrected chi connectivity index (χ3v) is 6.86. The van der Waals surface area contributed by atoms with Crippen molar-refractivity contribution in [1.82, 2.24) is 15.4 Å². The van der Waals surface area contributed by atoms with E-state index in [0.717, 1.165) is 25.1 Å². The quantitative estimate of drug-likeness (QED) is 0.671. The monoisotopic (exact) mass is 440 g/mol. The summed E-state index contributed by atoms with van der Waals surface area (Å²) >= 11 is 0. The van der Waals surface area contributed by atoms with Gasteiger partial charge >= 0.3 is 6.18 Å². The number of carbonyl (C=O) groups excluding carboxylic acids is 1. The van der Waals surface area contributed by atoms with Gasteiger partial charge in [-0.15, -0.1) is 0 Å². The number of carbonyl (C=O) groups is 1. The van der Waals surface area contributed by atoms with Gasteiger partial charge in [-0.3, -0.25) is 9.69 Å². The molecule has 1 saturated heterocycles. The molecule has 1 atom stereocenters. The summed E-state index contributed by atoms with van der Waals surface area (Å²) in [5.41, 5.74) is 0.367. The lowest BCUT2D eigenvalue weighted by Gasteiger charge is -2.46. The van der Waals surface area contributed by atoms with Crippen LogP contribution in [-0.4, -0.2) is 53.9 Å². The number of fused-ring (bicyclic) bond motifs is 1. The molecule has 0 radical (unpaired) electrons. The molecule has 31 heavy (non-hydrogen) atoms. The number of nitrogens with zero attached hydrogens (tertiary/aromatic N) is 2. The van der Waals surface area contributed by atoms with Crippen LogP contribution < -0.4 is 10.6 Å². The molecule has 2 aliphatic carbocycles. The maximum Gasteiger partial charge on any atom is 0.395 e. The van der Waals surface area contributed by atoms with E-state index in [1.807, 2.05) is 0 Å². The molecule has 0 aromatic carbocycles. The van der Waals surface area contributed by atoms with Gasteiger partial charge in [-0.25, -0.2) is 0 Å². The maximum atomic E-state index is 13.0. The third kappa shape index (κ3) is 5.25. The summed E-state index contributed by atoms with van der Waals surface area (Å²) < 4.78 is 44.1. The second kappa shape index (κ2) is 9.22. The van der Waals surface area contributed by atoms with Gasteiger partial charge in [0.2, 0.25) is 5.91 Å². The van der Waals surface area contributed by atoms with Crippen LogP contribution in [0.25, 0.3) is 6.08 Å². The molecule has 6 nitrogen and oxygen atoms in total. The highest BCUT2D eigenvalue weighted by atomic mass is 19.4. The number of hydrogen-bond acceptors (Lipinski definition) is 5. The molecule has 9 heteroatoms. The summed E-state index contributed by atoms with van der Waals surface area (Å²) in [5.74, 6) is -0.346. The summed E-state index contributed by atoms with van der Waals surface area (Å²) in [6.07, 6.45) is 5.54. The number of halogens is 3. The Labute approximate surface area is 180 Å². The third-order valence-electron chi connectivity index (χ3n) is 6.86. The molecule has 4 rings (SSSR count). The molecule has 1 aromatic heterocycles. The Morgan fingerprint density at radius 3 is 2.68 bits per heavy atom. The molecule has 2 heterocycles. The van der Waals surface area contributed by atoms with E-state index in [2.05, 4.69) is 27.6 Å². The molecule has 1 amide bonds. The minimum absolute atomic E-state index is 0.0437. The van der Waals surface area contributed by atoms with Gasteiger partial charge in [0.05, 0.1) is 18.5 Å². The van der Waals surface area contributed by atoms with Gasteiger partial charge in [-0.2, -0.15) is 13.2 Å². The zero-order chi connectivity index (χ0) is 22.0. The number of allylic oxidation sites excluding steroid dienone is 1. The van der Waals surface area contributed by atoms with Crippen LogP contribution in [-0.2, 0) is 11.2 Å². The first-order chi connectivity index (χ1) is 14.8. The van der Waals surface area contributed by atoms with Crippen LogP contribution in [0.15, 0.2) is 10.6 Å². The van der Waals surface area contributed by atoms with Gasteiger partial charge in [0, 0.05) is 24.7 Å². The first-order valence-electron chi connectivity index (χ1n) is 11.3. The molecule has 1 saturated carbocycles. The number of hydrogen-bond donors (Lipinski definition) is 2. The van der Waals surface area contributed by atoms with Crippen molar-refractivity contribution in [3.8, 4) is 0 Å². The highest BCUT2D eigenvalue weighted by Gasteiger charge is 2.41. The number of rotatable bonds is 7. The Bertz CT molecular complexity index is 793. The molecular weight excluding hydrogens is 409 g/mol. The number of amides is 1. The molecule has 2 N–H and O–H groups in total. The Morgan fingerprint density at radius 2 is 2.00 bits per heavy atom. The molecular formula is C22H31F3N4O2. The van der Waals surface area contributed by atoms with Crippen molar-refractivity contribution in [2.24, 2.45) is 11.8 Å². The lowest BCUT2D eigenvalue weighted by Crippen LogP contribution is -2.63. The van der Waals surface area contributed by atoms with Crippen molar-refractivity contribution in [2.75, 3.05) is 25.0 Å². The summed E-state index contributed by atoms with van der Waals surface area (Å²) in [5, 5.41) is 9.63. The number of nitrogens with one attached hydrogen (secondary N) is 2. The van der Waals surface area contributed by atoms with E-state index in [-0.39, 0.29) is 30.7 Å². The van der Waals surface area contributed by atoms with E-state index < -0.39 is 12.1 Å². The van der Waals surface area contributed by atoms with Gasteiger partial charge in [-0.05, 0) is 44.1 Å². The molecule has 172 valence electrons. The predicted molar refractivity (Wildman–Crippen MR) is 111 cm³/mol. The summed E-state index contributed by atoms with van der Waals surface area (Å²) in [6, 6.07) is 0.766. The van der Waals surface area contributed by atoms with E-state index in [9.17, 15) is 18.0 Å². The summed E-state index contributed by atoms with van der Waals surface area (Å²) in [6.45, 7) is 3.94. The van der Waals surface area contributed by atoms with Crippen LogP contribution in [0.1, 0.15) is 56.8 Å². The number of alkyl halides is 3. The topological polar surface area (TPSA) is 70.4 Å². The average molecular weight is 441 g/mol. The number of aromatic nitrogens is 1.